The van der Waals surface area contributed by atoms with E-state index in [4.69, 9.17) is 0 Å². The molecule has 0 aromatic carbocycles. The first-order valence-corrected chi connectivity index (χ1v) is 8.43. The molecule has 0 bridgehead atoms. The lowest BCUT2D eigenvalue weighted by molar-refractivity contribution is 0.361. The highest BCUT2D eigenvalue weighted by atomic mass is 127. The summed E-state index contributed by atoms with van der Waals surface area (Å²) in [6.07, 6.45) is 6.39. The maximum atomic E-state index is 4.64. The van der Waals surface area contributed by atoms with Crippen molar-refractivity contribution in [1.82, 2.24) is 15.6 Å². The van der Waals surface area contributed by atoms with Crippen LogP contribution in [0.3, 0.4) is 0 Å². The van der Waals surface area contributed by atoms with Crippen molar-refractivity contribution in [3.05, 3.63) is 30.1 Å². The highest BCUT2D eigenvalue weighted by molar-refractivity contribution is 14.0. The highest BCUT2D eigenvalue weighted by Gasteiger charge is 2.08. The number of nitrogens with one attached hydrogen (secondary N) is 2. The van der Waals surface area contributed by atoms with Crippen LogP contribution in [0.5, 0.6) is 0 Å². The van der Waals surface area contributed by atoms with Crippen molar-refractivity contribution in [2.24, 2.45) is 10.4 Å². The molecule has 0 saturated heterocycles. The Bertz CT molecular complexity index is 426. The largest absolute Gasteiger partial charge is 0.357 e. The number of hydrogen-bond acceptors (Lipinski definition) is 2. The Morgan fingerprint density at radius 1 is 1.17 bits per heavy atom. The summed E-state index contributed by atoms with van der Waals surface area (Å²) >= 11 is 0. The number of unbranched alkanes of at least 4 members (excludes halogenated alkanes) is 1. The van der Waals surface area contributed by atoms with Crippen LogP contribution in [0.1, 0.15) is 52.7 Å². The summed E-state index contributed by atoms with van der Waals surface area (Å²) in [4.78, 5) is 8.97. The summed E-state index contributed by atoms with van der Waals surface area (Å²) in [5.74, 6) is 0.911. The van der Waals surface area contributed by atoms with Crippen LogP contribution in [0, 0.1) is 5.41 Å². The van der Waals surface area contributed by atoms with Crippen LogP contribution in [0.2, 0.25) is 0 Å². The van der Waals surface area contributed by atoms with E-state index in [-0.39, 0.29) is 24.0 Å². The molecule has 1 aromatic rings. The SMILES string of the molecule is CCNC(=NCCCCC(C)(C)C)NCCc1ccccn1.I. The molecule has 0 radical (unpaired) electrons. The number of rotatable bonds is 8. The molecule has 0 unspecified atom stereocenters. The molecule has 4 nitrogen and oxygen atoms in total. The standard InChI is InChI=1S/C18H32N4.HI/c1-5-19-17(21-14-9-7-12-18(2,3)4)22-15-11-16-10-6-8-13-20-16;/h6,8,10,13H,5,7,9,11-12,14-15H2,1-4H3,(H2,19,21,22);1H. The van der Waals surface area contributed by atoms with Gasteiger partial charge in [0.25, 0.3) is 0 Å². The van der Waals surface area contributed by atoms with Gasteiger partial charge in [0, 0.05) is 37.9 Å². The van der Waals surface area contributed by atoms with Gasteiger partial charge >= 0.3 is 0 Å². The summed E-state index contributed by atoms with van der Waals surface area (Å²) in [5, 5.41) is 6.67. The summed E-state index contributed by atoms with van der Waals surface area (Å²) in [7, 11) is 0. The molecule has 1 heterocycles. The van der Waals surface area contributed by atoms with E-state index < -0.39 is 0 Å². The van der Waals surface area contributed by atoms with Gasteiger partial charge in [-0.2, -0.15) is 0 Å². The van der Waals surface area contributed by atoms with Gasteiger partial charge in [-0.25, -0.2) is 0 Å². The van der Waals surface area contributed by atoms with Crippen molar-refractivity contribution in [2.45, 2.75) is 53.4 Å². The minimum absolute atomic E-state index is 0. The molecule has 1 aromatic heterocycles. The van der Waals surface area contributed by atoms with Crippen molar-refractivity contribution >= 4 is 29.9 Å². The van der Waals surface area contributed by atoms with E-state index in [1.54, 1.807) is 0 Å². The number of halogens is 1. The fourth-order valence-corrected chi connectivity index (χ4v) is 2.15. The molecule has 0 atom stereocenters. The summed E-state index contributed by atoms with van der Waals surface area (Å²) in [5.41, 5.74) is 1.53. The molecule has 0 fully saturated rings. The van der Waals surface area contributed by atoms with Crippen molar-refractivity contribution in [3.8, 4) is 0 Å². The normalized spacial score (nSPS) is 11.7. The van der Waals surface area contributed by atoms with Crippen molar-refractivity contribution < 1.29 is 0 Å². The molecule has 0 aliphatic heterocycles. The third-order valence-corrected chi connectivity index (χ3v) is 3.35. The first kappa shape index (κ1) is 22.1. The Morgan fingerprint density at radius 3 is 2.57 bits per heavy atom. The minimum Gasteiger partial charge on any atom is -0.357 e. The van der Waals surface area contributed by atoms with Crippen molar-refractivity contribution in [3.63, 3.8) is 0 Å². The molecule has 0 saturated carbocycles. The summed E-state index contributed by atoms with van der Waals surface area (Å²) < 4.78 is 0. The number of nitrogens with zero attached hydrogens (tertiary/aromatic N) is 2. The fraction of sp³-hybridized carbons (Fsp3) is 0.667. The van der Waals surface area contributed by atoms with Crippen LogP contribution in [0.25, 0.3) is 0 Å². The zero-order valence-electron chi connectivity index (χ0n) is 15.1. The Kier molecular flexibility index (Phi) is 12.1. The second kappa shape index (κ2) is 12.6. The van der Waals surface area contributed by atoms with Crippen LogP contribution >= 0.6 is 24.0 Å². The fourth-order valence-electron chi connectivity index (χ4n) is 2.15. The molecule has 23 heavy (non-hydrogen) atoms. The second-order valence-corrected chi connectivity index (χ2v) is 6.78. The Hall–Kier alpha value is -0.850. The molecular weight excluding hydrogens is 399 g/mol. The Morgan fingerprint density at radius 2 is 1.96 bits per heavy atom. The molecule has 0 aliphatic carbocycles. The molecule has 0 aliphatic rings. The van der Waals surface area contributed by atoms with Gasteiger partial charge in [-0.3, -0.25) is 9.98 Å². The molecule has 2 N–H and O–H groups in total. The molecule has 132 valence electrons. The van der Waals surface area contributed by atoms with Crippen LogP contribution < -0.4 is 10.6 Å². The third kappa shape index (κ3) is 12.3. The predicted octanol–water partition coefficient (Wildman–Crippen LogP) is 4.01. The topological polar surface area (TPSA) is 49.3 Å². The summed E-state index contributed by atoms with van der Waals surface area (Å²) in [6, 6.07) is 6.02. The lowest BCUT2D eigenvalue weighted by atomic mass is 9.90. The van der Waals surface area contributed by atoms with E-state index >= 15 is 0 Å². The number of hydrogen-bond donors (Lipinski definition) is 2. The van der Waals surface area contributed by atoms with E-state index in [0.29, 0.717) is 5.41 Å². The molecule has 0 amide bonds. The van der Waals surface area contributed by atoms with Gasteiger partial charge in [0.1, 0.15) is 0 Å². The van der Waals surface area contributed by atoms with Crippen molar-refractivity contribution in [1.29, 1.82) is 0 Å². The Balaban J connectivity index is 0.00000484. The van der Waals surface area contributed by atoms with Crippen LogP contribution in [0.4, 0.5) is 0 Å². The smallest absolute Gasteiger partial charge is 0.191 e. The Labute approximate surface area is 159 Å². The lowest BCUT2D eigenvalue weighted by Gasteiger charge is -2.17. The van der Waals surface area contributed by atoms with E-state index in [0.717, 1.165) is 44.1 Å². The second-order valence-electron chi connectivity index (χ2n) is 6.78. The van der Waals surface area contributed by atoms with E-state index in [1.807, 2.05) is 18.3 Å². The van der Waals surface area contributed by atoms with Crippen LogP contribution in [-0.2, 0) is 6.42 Å². The number of pyridine rings is 1. The van der Waals surface area contributed by atoms with E-state index in [2.05, 4.69) is 54.4 Å². The number of aliphatic imine (C=N–C) groups is 1. The van der Waals surface area contributed by atoms with Crippen LogP contribution in [-0.4, -0.2) is 30.6 Å². The molecule has 0 spiro atoms. The van der Waals surface area contributed by atoms with Gasteiger partial charge in [0.05, 0.1) is 0 Å². The van der Waals surface area contributed by atoms with Gasteiger partial charge in [-0.15, -0.1) is 24.0 Å². The number of guanidine groups is 1. The van der Waals surface area contributed by atoms with Gasteiger partial charge in [0.2, 0.25) is 0 Å². The first-order chi connectivity index (χ1) is 10.5. The first-order valence-electron chi connectivity index (χ1n) is 8.43. The zero-order valence-corrected chi connectivity index (χ0v) is 17.4. The van der Waals surface area contributed by atoms with Gasteiger partial charge < -0.3 is 10.6 Å². The third-order valence-electron chi connectivity index (χ3n) is 3.35. The van der Waals surface area contributed by atoms with Gasteiger partial charge in [0.15, 0.2) is 5.96 Å². The van der Waals surface area contributed by atoms with Crippen LogP contribution in [0.15, 0.2) is 29.4 Å². The predicted molar refractivity (Wildman–Crippen MR) is 111 cm³/mol. The molecular formula is C18H33IN4. The van der Waals surface area contributed by atoms with Gasteiger partial charge in [-0.05, 0) is 37.3 Å². The summed E-state index contributed by atoms with van der Waals surface area (Å²) in [6.45, 7) is 11.6. The van der Waals surface area contributed by atoms with E-state index in [1.165, 1.54) is 12.8 Å². The highest BCUT2D eigenvalue weighted by Crippen LogP contribution is 2.21. The van der Waals surface area contributed by atoms with Crippen molar-refractivity contribution in [2.75, 3.05) is 19.6 Å². The molecule has 5 heteroatoms. The molecule has 1 rings (SSSR count). The minimum atomic E-state index is 0. The maximum absolute atomic E-state index is 4.64. The average molecular weight is 432 g/mol. The van der Waals surface area contributed by atoms with E-state index in [9.17, 15) is 0 Å². The monoisotopic (exact) mass is 432 g/mol. The average Bonchev–Trinajstić information content (AvgIpc) is 2.47. The van der Waals surface area contributed by atoms with Gasteiger partial charge in [-0.1, -0.05) is 33.3 Å². The quantitative estimate of drug-likeness (QED) is 0.283. The number of aromatic nitrogens is 1. The maximum Gasteiger partial charge on any atom is 0.191 e. The lowest BCUT2D eigenvalue weighted by Crippen LogP contribution is -2.38. The zero-order chi connectivity index (χ0) is 16.3.